The van der Waals surface area contributed by atoms with Crippen LogP contribution in [0.4, 0.5) is 0 Å². The van der Waals surface area contributed by atoms with Crippen LogP contribution in [0.3, 0.4) is 0 Å². The second kappa shape index (κ2) is 4.20. The molecular weight excluding hydrogens is 276 g/mol. The first-order valence-corrected chi connectivity index (χ1v) is 8.26. The molecule has 1 spiro atoms. The monoisotopic (exact) mass is 288 g/mol. The summed E-state index contributed by atoms with van der Waals surface area (Å²) in [4.78, 5) is 14.0. The van der Waals surface area contributed by atoms with E-state index in [0.29, 0.717) is 0 Å². The zero-order valence-corrected chi connectivity index (χ0v) is 11.8. The number of hydrogen-bond donors (Lipinski definition) is 0. The van der Waals surface area contributed by atoms with Crippen LogP contribution < -0.4 is 0 Å². The number of epoxide rings is 1. The van der Waals surface area contributed by atoms with Gasteiger partial charge in [0.25, 0.3) is 0 Å². The molecule has 2 nitrogen and oxygen atoms in total. The van der Waals surface area contributed by atoms with E-state index in [0.717, 1.165) is 27.5 Å². The highest BCUT2D eigenvalue weighted by Crippen LogP contribution is 2.55. The van der Waals surface area contributed by atoms with Crippen LogP contribution in [0.2, 0.25) is 0 Å². The Morgan fingerprint density at radius 1 is 1.21 bits per heavy atom. The predicted molar refractivity (Wildman–Crippen MR) is 77.8 cm³/mol. The molecule has 0 amide bonds. The van der Waals surface area contributed by atoms with Crippen LogP contribution >= 0.6 is 23.1 Å². The predicted octanol–water partition coefficient (Wildman–Crippen LogP) is 3.69. The molecule has 1 aromatic carbocycles. The molecule has 2 aromatic rings. The van der Waals surface area contributed by atoms with Crippen LogP contribution in [0.1, 0.15) is 26.9 Å². The minimum atomic E-state index is -0.609. The SMILES string of the molecule is O=C1c2ccccc2CSC[C@]12O[C@H]2c1cccs1. The molecule has 2 aliphatic rings. The van der Waals surface area contributed by atoms with Crippen LogP contribution in [-0.2, 0) is 10.5 Å². The van der Waals surface area contributed by atoms with Crippen molar-refractivity contribution in [2.75, 3.05) is 5.75 Å². The second-order valence-corrected chi connectivity index (χ2v) is 6.85. The van der Waals surface area contributed by atoms with Crippen molar-refractivity contribution >= 4 is 28.9 Å². The van der Waals surface area contributed by atoms with Gasteiger partial charge >= 0.3 is 0 Å². The van der Waals surface area contributed by atoms with E-state index < -0.39 is 5.60 Å². The molecule has 2 aliphatic heterocycles. The smallest absolute Gasteiger partial charge is 0.198 e. The van der Waals surface area contributed by atoms with Gasteiger partial charge in [-0.3, -0.25) is 4.79 Å². The largest absolute Gasteiger partial charge is 0.350 e. The van der Waals surface area contributed by atoms with E-state index in [-0.39, 0.29) is 11.9 Å². The molecule has 0 aliphatic carbocycles. The Kier molecular flexibility index (Phi) is 2.59. The average Bonchev–Trinajstić information content (AvgIpc) is 2.96. The Bertz CT molecular complexity index is 635. The number of rotatable bonds is 1. The fraction of sp³-hybridized carbons (Fsp3) is 0.267. The van der Waals surface area contributed by atoms with E-state index in [1.54, 1.807) is 23.1 Å². The van der Waals surface area contributed by atoms with Crippen LogP contribution in [0.25, 0.3) is 0 Å². The van der Waals surface area contributed by atoms with Crippen molar-refractivity contribution in [3.05, 3.63) is 57.8 Å². The van der Waals surface area contributed by atoms with E-state index >= 15 is 0 Å². The number of ether oxygens (including phenoxy) is 1. The third-order valence-corrected chi connectivity index (χ3v) is 5.78. The Labute approximate surface area is 119 Å². The first-order chi connectivity index (χ1) is 9.31. The average molecular weight is 288 g/mol. The summed E-state index contributed by atoms with van der Waals surface area (Å²) in [6.07, 6.45) is -0.0429. The molecule has 1 fully saturated rings. The molecule has 2 atom stereocenters. The van der Waals surface area contributed by atoms with Gasteiger partial charge in [-0.05, 0) is 17.0 Å². The topological polar surface area (TPSA) is 29.6 Å². The van der Waals surface area contributed by atoms with Gasteiger partial charge in [-0.1, -0.05) is 30.3 Å². The van der Waals surface area contributed by atoms with Crippen LogP contribution in [0.15, 0.2) is 41.8 Å². The number of thiophene rings is 1. The van der Waals surface area contributed by atoms with Crippen molar-refractivity contribution in [3.8, 4) is 0 Å². The van der Waals surface area contributed by atoms with Crippen molar-refractivity contribution in [1.82, 2.24) is 0 Å². The molecule has 0 bridgehead atoms. The van der Waals surface area contributed by atoms with E-state index in [9.17, 15) is 4.79 Å². The highest BCUT2D eigenvalue weighted by molar-refractivity contribution is 7.98. The van der Waals surface area contributed by atoms with Crippen LogP contribution in [-0.4, -0.2) is 17.1 Å². The second-order valence-electron chi connectivity index (χ2n) is 4.88. The Morgan fingerprint density at radius 2 is 2.11 bits per heavy atom. The number of hydrogen-bond acceptors (Lipinski definition) is 4. The number of fused-ring (bicyclic) bond motifs is 1. The maximum absolute atomic E-state index is 12.8. The molecule has 4 heteroatoms. The lowest BCUT2D eigenvalue weighted by Gasteiger charge is -2.08. The minimum Gasteiger partial charge on any atom is -0.350 e. The summed E-state index contributed by atoms with van der Waals surface area (Å²) in [5, 5.41) is 2.03. The van der Waals surface area contributed by atoms with Gasteiger partial charge in [0.2, 0.25) is 0 Å². The lowest BCUT2D eigenvalue weighted by molar-refractivity contribution is 0.0892. The van der Waals surface area contributed by atoms with Crippen molar-refractivity contribution in [1.29, 1.82) is 0 Å². The van der Waals surface area contributed by atoms with Crippen molar-refractivity contribution < 1.29 is 9.53 Å². The molecule has 1 aromatic heterocycles. The third kappa shape index (κ3) is 1.71. The first-order valence-electron chi connectivity index (χ1n) is 6.23. The Morgan fingerprint density at radius 3 is 2.95 bits per heavy atom. The van der Waals surface area contributed by atoms with Gasteiger partial charge in [0.1, 0.15) is 6.10 Å². The summed E-state index contributed by atoms with van der Waals surface area (Å²) >= 11 is 3.46. The molecule has 1 saturated heterocycles. The summed E-state index contributed by atoms with van der Waals surface area (Å²) in [7, 11) is 0. The fourth-order valence-electron chi connectivity index (χ4n) is 2.66. The number of ketones is 1. The molecular formula is C15H12O2S2. The molecule has 19 heavy (non-hydrogen) atoms. The van der Waals surface area contributed by atoms with Crippen LogP contribution in [0.5, 0.6) is 0 Å². The molecule has 96 valence electrons. The van der Waals surface area contributed by atoms with Crippen molar-refractivity contribution in [2.24, 2.45) is 0 Å². The summed E-state index contributed by atoms with van der Waals surface area (Å²) in [6.45, 7) is 0. The molecule has 0 N–H and O–H groups in total. The van der Waals surface area contributed by atoms with E-state index in [1.807, 2.05) is 35.7 Å². The fourth-order valence-corrected chi connectivity index (χ4v) is 4.72. The molecule has 0 saturated carbocycles. The van der Waals surface area contributed by atoms with Gasteiger partial charge in [0.15, 0.2) is 11.4 Å². The van der Waals surface area contributed by atoms with Gasteiger partial charge < -0.3 is 4.74 Å². The van der Waals surface area contributed by atoms with E-state index in [2.05, 4.69) is 6.07 Å². The van der Waals surface area contributed by atoms with E-state index in [1.165, 1.54) is 0 Å². The number of carbonyl (C=O) groups is 1. The van der Waals surface area contributed by atoms with Gasteiger partial charge in [-0.2, -0.15) is 11.8 Å². The van der Waals surface area contributed by atoms with Crippen molar-refractivity contribution in [2.45, 2.75) is 17.5 Å². The maximum atomic E-state index is 12.8. The molecule has 3 heterocycles. The van der Waals surface area contributed by atoms with Gasteiger partial charge in [0.05, 0.1) is 0 Å². The Hall–Kier alpha value is -1.10. The molecule has 0 radical (unpaired) electrons. The quantitative estimate of drug-likeness (QED) is 0.750. The highest BCUT2D eigenvalue weighted by Gasteiger charge is 2.63. The molecule has 4 rings (SSSR count). The molecule has 0 unspecified atom stereocenters. The normalized spacial score (nSPS) is 29.1. The summed E-state index contributed by atoms with van der Waals surface area (Å²) in [6, 6.07) is 12.0. The number of benzene rings is 1. The first kappa shape index (κ1) is 11.7. The summed E-state index contributed by atoms with van der Waals surface area (Å²) < 4.78 is 5.88. The maximum Gasteiger partial charge on any atom is 0.198 e. The lowest BCUT2D eigenvalue weighted by atomic mass is 9.93. The summed E-state index contributed by atoms with van der Waals surface area (Å²) in [5.74, 6) is 1.80. The highest BCUT2D eigenvalue weighted by atomic mass is 32.2. The third-order valence-electron chi connectivity index (χ3n) is 3.72. The zero-order valence-electron chi connectivity index (χ0n) is 10.2. The van der Waals surface area contributed by atoms with Gasteiger partial charge in [0, 0.05) is 21.9 Å². The van der Waals surface area contributed by atoms with E-state index in [4.69, 9.17) is 4.74 Å². The van der Waals surface area contributed by atoms with Crippen LogP contribution in [0, 0.1) is 0 Å². The zero-order chi connectivity index (χ0) is 12.9. The van der Waals surface area contributed by atoms with Gasteiger partial charge in [-0.25, -0.2) is 0 Å². The van der Waals surface area contributed by atoms with Crippen molar-refractivity contribution in [3.63, 3.8) is 0 Å². The van der Waals surface area contributed by atoms with Gasteiger partial charge in [-0.15, -0.1) is 11.3 Å². The number of carbonyl (C=O) groups excluding carboxylic acids is 1. The lowest BCUT2D eigenvalue weighted by Crippen LogP contribution is -2.27. The minimum absolute atomic E-state index is 0.0429. The summed E-state index contributed by atoms with van der Waals surface area (Å²) in [5.41, 5.74) is 1.36. The standard InChI is InChI=1S/C15H12O2S2/c16-13-11-5-2-1-4-10(11)8-18-9-15(13)14(17-15)12-6-3-7-19-12/h1-7,14H,8-9H2/t14-,15-/m0/s1. The number of Topliss-reactive ketones (excluding diaryl/α,β-unsaturated/α-hetero) is 1. The Balaban J connectivity index is 1.75. The number of thioether (sulfide) groups is 1.